The van der Waals surface area contributed by atoms with Gasteiger partial charge in [0.25, 0.3) is 5.91 Å². The Kier molecular flexibility index (Phi) is 7.45. The number of amides is 2. The molecule has 2 rings (SSSR count). The number of nitrogens with two attached hydrogens (primary N) is 1. The molecular weight excluding hydrogens is 380 g/mol. The van der Waals surface area contributed by atoms with E-state index >= 15 is 0 Å². The second kappa shape index (κ2) is 9.80. The molecule has 2 amide bonds. The van der Waals surface area contributed by atoms with Crippen LogP contribution in [0.25, 0.3) is 0 Å². The minimum atomic E-state index is -0.775. The number of hydrogen-bond donors (Lipinski definition) is 2. The number of carbonyl (C=O) groups excluding carboxylic acids is 3. The normalized spacial score (nSPS) is 11.4. The summed E-state index contributed by atoms with van der Waals surface area (Å²) in [7, 11) is 2.99. The molecule has 3 N–H and O–H groups in total. The highest BCUT2D eigenvalue weighted by atomic mass is 32.2. The Morgan fingerprint density at radius 3 is 2.39 bits per heavy atom. The van der Waals surface area contributed by atoms with E-state index in [-0.39, 0.29) is 10.7 Å². The lowest BCUT2D eigenvalue weighted by molar-refractivity contribution is -0.119. The van der Waals surface area contributed by atoms with Crippen molar-refractivity contribution in [2.45, 2.75) is 24.3 Å². The molecule has 0 bridgehead atoms. The molecule has 2 aromatic rings. The van der Waals surface area contributed by atoms with Crippen molar-refractivity contribution in [1.82, 2.24) is 5.32 Å². The lowest BCUT2D eigenvalue weighted by Crippen LogP contribution is -2.44. The molecule has 0 aliphatic heterocycles. The van der Waals surface area contributed by atoms with Crippen LogP contribution in [0.15, 0.2) is 47.4 Å². The topological polar surface area (TPSA) is 108 Å². The molecular formula is C20H22N2O5S. The number of benzene rings is 2. The van der Waals surface area contributed by atoms with Gasteiger partial charge in [-0.15, -0.1) is 0 Å². The molecule has 7 nitrogen and oxygen atoms in total. The van der Waals surface area contributed by atoms with Crippen LogP contribution in [0.2, 0.25) is 0 Å². The van der Waals surface area contributed by atoms with Gasteiger partial charge in [-0.2, -0.15) is 0 Å². The summed E-state index contributed by atoms with van der Waals surface area (Å²) < 4.78 is 10.4. The first-order valence-corrected chi connectivity index (χ1v) is 9.36. The Bertz CT molecular complexity index is 885. The van der Waals surface area contributed by atoms with E-state index in [1.54, 1.807) is 49.4 Å². The van der Waals surface area contributed by atoms with E-state index in [0.717, 1.165) is 11.8 Å². The van der Waals surface area contributed by atoms with Gasteiger partial charge in [-0.1, -0.05) is 19.1 Å². The van der Waals surface area contributed by atoms with Crippen molar-refractivity contribution in [3.63, 3.8) is 0 Å². The predicted molar refractivity (Wildman–Crippen MR) is 107 cm³/mol. The van der Waals surface area contributed by atoms with Crippen LogP contribution in [0.4, 0.5) is 0 Å². The zero-order valence-corrected chi connectivity index (χ0v) is 16.7. The number of primary amides is 1. The van der Waals surface area contributed by atoms with Crippen LogP contribution in [-0.2, 0) is 4.79 Å². The van der Waals surface area contributed by atoms with Gasteiger partial charge in [-0.3, -0.25) is 14.4 Å². The molecule has 148 valence electrons. The number of thioether (sulfide) groups is 1. The summed E-state index contributed by atoms with van der Waals surface area (Å²) in [6.45, 7) is 1.75. The van der Waals surface area contributed by atoms with Gasteiger partial charge in [0.15, 0.2) is 0 Å². The first kappa shape index (κ1) is 21.3. The second-order valence-electron chi connectivity index (χ2n) is 5.79. The summed E-state index contributed by atoms with van der Waals surface area (Å²) in [6.07, 6.45) is 0.373. The quantitative estimate of drug-likeness (QED) is 0.657. The Hall–Kier alpha value is -3.00. The average molecular weight is 402 g/mol. The van der Waals surface area contributed by atoms with E-state index in [1.807, 2.05) is 0 Å². The van der Waals surface area contributed by atoms with E-state index in [2.05, 4.69) is 5.32 Å². The number of nitrogens with one attached hydrogen (secondary N) is 1. The van der Waals surface area contributed by atoms with Gasteiger partial charge in [0.2, 0.25) is 11.0 Å². The minimum Gasteiger partial charge on any atom is -0.497 e. The van der Waals surface area contributed by atoms with E-state index in [4.69, 9.17) is 15.2 Å². The molecule has 0 spiro atoms. The monoisotopic (exact) mass is 402 g/mol. The Labute approximate surface area is 167 Å². The molecule has 0 aliphatic rings. The Balaban J connectivity index is 2.27. The van der Waals surface area contributed by atoms with Gasteiger partial charge < -0.3 is 20.5 Å². The van der Waals surface area contributed by atoms with Crippen LogP contribution in [0.5, 0.6) is 11.5 Å². The highest BCUT2D eigenvalue weighted by molar-refractivity contribution is 8.14. The van der Waals surface area contributed by atoms with Gasteiger partial charge >= 0.3 is 0 Å². The van der Waals surface area contributed by atoms with Gasteiger partial charge in [0, 0.05) is 11.0 Å². The zero-order chi connectivity index (χ0) is 20.7. The second-order valence-corrected chi connectivity index (χ2v) is 6.80. The fraction of sp³-hybridized carbons (Fsp3) is 0.250. The largest absolute Gasteiger partial charge is 0.497 e. The summed E-state index contributed by atoms with van der Waals surface area (Å²) >= 11 is 0.901. The van der Waals surface area contributed by atoms with E-state index in [9.17, 15) is 14.4 Å². The average Bonchev–Trinajstić information content (AvgIpc) is 2.71. The molecule has 0 unspecified atom stereocenters. The van der Waals surface area contributed by atoms with E-state index in [0.29, 0.717) is 28.4 Å². The summed E-state index contributed by atoms with van der Waals surface area (Å²) in [6, 6.07) is 10.8. The van der Waals surface area contributed by atoms with Crippen LogP contribution in [0.1, 0.15) is 34.1 Å². The lowest BCUT2D eigenvalue weighted by atomic mass is 10.1. The maximum absolute atomic E-state index is 12.8. The first-order chi connectivity index (χ1) is 13.4. The molecule has 28 heavy (non-hydrogen) atoms. The van der Waals surface area contributed by atoms with Gasteiger partial charge in [-0.25, -0.2) is 0 Å². The van der Waals surface area contributed by atoms with Crippen molar-refractivity contribution in [2.75, 3.05) is 14.2 Å². The third-order valence-corrected chi connectivity index (χ3v) is 5.00. The predicted octanol–water partition coefficient (Wildman–Crippen LogP) is 2.63. The fourth-order valence-electron chi connectivity index (χ4n) is 2.48. The lowest BCUT2D eigenvalue weighted by Gasteiger charge is -2.15. The van der Waals surface area contributed by atoms with Gasteiger partial charge in [0.1, 0.15) is 17.5 Å². The molecule has 1 atom stereocenters. The number of rotatable bonds is 8. The number of hydrogen-bond acceptors (Lipinski definition) is 6. The summed E-state index contributed by atoms with van der Waals surface area (Å²) in [4.78, 5) is 37.2. The summed E-state index contributed by atoms with van der Waals surface area (Å²) in [5.74, 6) is -0.142. The molecule has 0 saturated carbocycles. The van der Waals surface area contributed by atoms with Crippen molar-refractivity contribution >= 4 is 28.7 Å². The molecule has 0 radical (unpaired) electrons. The number of ether oxygens (including phenoxy) is 2. The minimum absolute atomic E-state index is 0.285. The standard InChI is InChI=1S/C20H22N2O5S/c1-4-15(18(21)23)22-19(24)14-7-5-6-8-17(14)28-20(25)13-10-9-12(26-2)11-16(13)27-3/h5-11,15H,4H2,1-3H3,(H2,21,23)(H,22,24)/t15-/m0/s1. The third-order valence-electron chi connectivity index (χ3n) is 4.02. The highest BCUT2D eigenvalue weighted by Gasteiger charge is 2.21. The van der Waals surface area contributed by atoms with Crippen molar-refractivity contribution in [3.8, 4) is 11.5 Å². The molecule has 0 saturated heterocycles. The highest BCUT2D eigenvalue weighted by Crippen LogP contribution is 2.32. The summed E-state index contributed by atoms with van der Waals surface area (Å²) in [5, 5.41) is 2.30. The molecule has 0 aromatic heterocycles. The fourth-order valence-corrected chi connectivity index (χ4v) is 3.37. The maximum atomic E-state index is 12.8. The SMILES string of the molecule is CC[C@H](NC(=O)c1ccccc1SC(=O)c1ccc(OC)cc1OC)C(N)=O. The number of carbonyl (C=O) groups is 3. The summed E-state index contributed by atoms with van der Waals surface area (Å²) in [5.41, 5.74) is 5.93. The van der Waals surface area contributed by atoms with Crippen LogP contribution >= 0.6 is 11.8 Å². The van der Waals surface area contributed by atoms with Crippen LogP contribution in [0.3, 0.4) is 0 Å². The maximum Gasteiger partial charge on any atom is 0.253 e. The first-order valence-electron chi connectivity index (χ1n) is 8.54. The molecule has 0 heterocycles. The van der Waals surface area contributed by atoms with E-state index < -0.39 is 17.9 Å². The smallest absolute Gasteiger partial charge is 0.253 e. The molecule has 0 fully saturated rings. The van der Waals surface area contributed by atoms with Crippen LogP contribution in [0, 0.1) is 0 Å². The zero-order valence-electron chi connectivity index (χ0n) is 15.9. The van der Waals surface area contributed by atoms with Crippen molar-refractivity contribution < 1.29 is 23.9 Å². The van der Waals surface area contributed by atoms with Crippen molar-refractivity contribution in [2.24, 2.45) is 5.73 Å². The van der Waals surface area contributed by atoms with Crippen molar-refractivity contribution in [3.05, 3.63) is 53.6 Å². The Morgan fingerprint density at radius 1 is 1.07 bits per heavy atom. The van der Waals surface area contributed by atoms with Crippen LogP contribution < -0.4 is 20.5 Å². The third kappa shape index (κ3) is 5.04. The van der Waals surface area contributed by atoms with Crippen molar-refractivity contribution in [1.29, 1.82) is 0 Å². The molecule has 0 aliphatic carbocycles. The van der Waals surface area contributed by atoms with Crippen LogP contribution in [-0.4, -0.2) is 37.2 Å². The molecule has 2 aromatic carbocycles. The van der Waals surface area contributed by atoms with Gasteiger partial charge in [0.05, 0.1) is 25.3 Å². The van der Waals surface area contributed by atoms with Gasteiger partial charge in [-0.05, 0) is 42.4 Å². The van der Waals surface area contributed by atoms with E-state index in [1.165, 1.54) is 14.2 Å². The molecule has 8 heteroatoms. The Morgan fingerprint density at radius 2 is 1.79 bits per heavy atom. The number of methoxy groups -OCH3 is 2.